The first kappa shape index (κ1) is 25.5. The van der Waals surface area contributed by atoms with Crippen molar-refractivity contribution in [2.24, 2.45) is 7.05 Å². The van der Waals surface area contributed by atoms with Crippen LogP contribution in [0.4, 0.5) is 4.39 Å². The maximum absolute atomic E-state index is 13.6. The number of halogens is 1. The third kappa shape index (κ3) is 4.51. The van der Waals surface area contributed by atoms with Gasteiger partial charge in [-0.05, 0) is 25.1 Å². The first-order chi connectivity index (χ1) is 18.2. The summed E-state index contributed by atoms with van der Waals surface area (Å²) in [6.07, 6.45) is 5.58. The van der Waals surface area contributed by atoms with Crippen LogP contribution in [0.5, 0.6) is 5.88 Å². The molecule has 0 bridgehead atoms. The van der Waals surface area contributed by atoms with Crippen molar-refractivity contribution < 1.29 is 17.5 Å². The second-order valence-corrected chi connectivity index (χ2v) is 11.4. The van der Waals surface area contributed by atoms with Crippen LogP contribution in [0.25, 0.3) is 28.0 Å². The predicted octanol–water partition coefficient (Wildman–Crippen LogP) is 3.87. The summed E-state index contributed by atoms with van der Waals surface area (Å²) in [6.45, 7) is 3.30. The highest BCUT2D eigenvalue weighted by Gasteiger charge is 2.32. The predicted molar refractivity (Wildman–Crippen MR) is 140 cm³/mol. The first-order valence-electron chi connectivity index (χ1n) is 11.9. The molecule has 5 rings (SSSR count). The summed E-state index contributed by atoms with van der Waals surface area (Å²) in [4.78, 5) is 12.2. The molecule has 0 amide bonds. The zero-order chi connectivity index (χ0) is 27.0. The fourth-order valence-electron chi connectivity index (χ4n) is 4.45. The Balaban J connectivity index is 1.63. The summed E-state index contributed by atoms with van der Waals surface area (Å²) in [5.74, 6) is -0.325. The summed E-state index contributed by atoms with van der Waals surface area (Å²) in [7, 11) is -0.353. The molecular formula is C26H26FN7O3S. The number of hydrogen-bond donors (Lipinski definition) is 0. The van der Waals surface area contributed by atoms with Gasteiger partial charge in [-0.15, -0.1) is 10.2 Å². The van der Waals surface area contributed by atoms with Gasteiger partial charge >= 0.3 is 0 Å². The van der Waals surface area contributed by atoms with Crippen LogP contribution in [-0.2, 0) is 22.6 Å². The molecule has 4 heterocycles. The number of sulfone groups is 1. The number of ether oxygens (including phenoxy) is 1. The van der Waals surface area contributed by atoms with Gasteiger partial charge in [0.25, 0.3) is 0 Å². The van der Waals surface area contributed by atoms with Crippen LogP contribution in [0, 0.1) is 5.82 Å². The standard InChI is InChI=1S/C26H26FN7O3S/c1-16(24-29-12-18(27)13-30-24)17(2)38(35,36)15-23-31-32-25(20-9-7-11-28-26(20)37-4)34(23)22-14-33(3)21-10-6-5-8-19(21)22/h5-14,16-17H,15H2,1-4H3/t16-,17-/m0/s1. The molecule has 0 aliphatic rings. The van der Waals surface area contributed by atoms with Crippen LogP contribution in [0.3, 0.4) is 0 Å². The molecule has 38 heavy (non-hydrogen) atoms. The number of hydrogen-bond acceptors (Lipinski definition) is 8. The van der Waals surface area contributed by atoms with Crippen molar-refractivity contribution in [3.8, 4) is 23.0 Å². The first-order valence-corrected chi connectivity index (χ1v) is 13.6. The SMILES string of the molecule is COc1ncccc1-c1nnc(CS(=O)(=O)[C@@H](C)[C@H](C)c2ncc(F)cn2)n1-c1cn(C)c2ccccc12. The molecule has 0 aliphatic heterocycles. The molecule has 1 aromatic carbocycles. The molecule has 0 unspecified atom stereocenters. The van der Waals surface area contributed by atoms with Gasteiger partial charge in [0.05, 0.1) is 36.0 Å². The van der Waals surface area contributed by atoms with E-state index >= 15 is 0 Å². The molecule has 0 N–H and O–H groups in total. The summed E-state index contributed by atoms with van der Waals surface area (Å²) < 4.78 is 49.8. The lowest BCUT2D eigenvalue weighted by molar-refractivity contribution is 0.399. The molecule has 0 fully saturated rings. The second-order valence-electron chi connectivity index (χ2n) is 9.04. The van der Waals surface area contributed by atoms with Crippen molar-refractivity contribution in [3.05, 3.63) is 78.7 Å². The quantitative estimate of drug-likeness (QED) is 0.294. The molecule has 4 aromatic heterocycles. The van der Waals surface area contributed by atoms with Gasteiger partial charge in [-0.3, -0.25) is 4.57 Å². The third-order valence-electron chi connectivity index (χ3n) is 6.70. The van der Waals surface area contributed by atoms with Gasteiger partial charge in [0.1, 0.15) is 11.6 Å². The van der Waals surface area contributed by atoms with Crippen LogP contribution >= 0.6 is 0 Å². The summed E-state index contributed by atoms with van der Waals surface area (Å²) in [5, 5.41) is 8.76. The molecular weight excluding hydrogens is 509 g/mol. The smallest absolute Gasteiger partial charge is 0.224 e. The molecule has 0 saturated carbocycles. The van der Waals surface area contributed by atoms with Crippen molar-refractivity contribution in [1.82, 2.24) is 34.3 Å². The average Bonchev–Trinajstić information content (AvgIpc) is 3.48. The Bertz CT molecular complexity index is 1710. The van der Waals surface area contributed by atoms with Crippen LogP contribution in [0.2, 0.25) is 0 Å². The van der Waals surface area contributed by atoms with E-state index in [4.69, 9.17) is 4.74 Å². The molecule has 5 aromatic rings. The fourth-order valence-corrected chi connectivity index (χ4v) is 6.00. The Kier molecular flexibility index (Phi) is 6.66. The minimum atomic E-state index is -3.78. The summed E-state index contributed by atoms with van der Waals surface area (Å²) in [5.41, 5.74) is 2.26. The number of para-hydroxylation sites is 1. The third-order valence-corrected chi connectivity index (χ3v) is 8.90. The molecule has 12 heteroatoms. The molecule has 0 spiro atoms. The van der Waals surface area contributed by atoms with E-state index in [0.29, 0.717) is 17.3 Å². The van der Waals surface area contributed by atoms with Gasteiger partial charge in [0.15, 0.2) is 27.3 Å². The van der Waals surface area contributed by atoms with Crippen molar-refractivity contribution in [2.75, 3.05) is 7.11 Å². The molecule has 2 atom stereocenters. The van der Waals surface area contributed by atoms with Crippen molar-refractivity contribution >= 4 is 20.7 Å². The number of aryl methyl sites for hydroxylation is 1. The van der Waals surface area contributed by atoms with Crippen LogP contribution in [0.1, 0.15) is 31.4 Å². The number of benzene rings is 1. The zero-order valence-corrected chi connectivity index (χ0v) is 22.1. The molecule has 0 radical (unpaired) electrons. The lowest BCUT2D eigenvalue weighted by Crippen LogP contribution is -2.27. The Labute approximate surface area is 219 Å². The van der Waals surface area contributed by atoms with Crippen LogP contribution < -0.4 is 4.74 Å². The van der Waals surface area contributed by atoms with Crippen molar-refractivity contribution in [3.63, 3.8) is 0 Å². The molecule has 0 aliphatic carbocycles. The van der Waals surface area contributed by atoms with Crippen molar-refractivity contribution in [1.29, 1.82) is 0 Å². The van der Waals surface area contributed by atoms with E-state index in [2.05, 4.69) is 25.1 Å². The minimum Gasteiger partial charge on any atom is -0.480 e. The number of pyridine rings is 1. The fraction of sp³-hybridized carbons (Fsp3) is 0.269. The second kappa shape index (κ2) is 9.93. The Morgan fingerprint density at radius 3 is 2.50 bits per heavy atom. The highest BCUT2D eigenvalue weighted by Crippen LogP contribution is 2.34. The van der Waals surface area contributed by atoms with Crippen molar-refractivity contribution in [2.45, 2.75) is 30.8 Å². The van der Waals surface area contributed by atoms with E-state index < -0.39 is 32.6 Å². The van der Waals surface area contributed by atoms with E-state index in [1.807, 2.05) is 42.1 Å². The molecule has 0 saturated heterocycles. The van der Waals surface area contributed by atoms with Gasteiger partial charge in [-0.1, -0.05) is 25.1 Å². The highest BCUT2D eigenvalue weighted by molar-refractivity contribution is 7.91. The number of methoxy groups -OCH3 is 1. The van der Waals surface area contributed by atoms with E-state index in [-0.39, 0.29) is 11.6 Å². The van der Waals surface area contributed by atoms with E-state index in [0.717, 1.165) is 29.0 Å². The lowest BCUT2D eigenvalue weighted by Gasteiger charge is -2.19. The topological polar surface area (TPSA) is 118 Å². The van der Waals surface area contributed by atoms with Gasteiger partial charge in [0.2, 0.25) is 5.88 Å². The van der Waals surface area contributed by atoms with E-state index in [1.165, 1.54) is 7.11 Å². The average molecular weight is 536 g/mol. The molecule has 196 valence electrons. The minimum absolute atomic E-state index is 0.237. The number of aromatic nitrogens is 7. The van der Waals surface area contributed by atoms with Crippen LogP contribution in [0.15, 0.2) is 61.2 Å². The summed E-state index contributed by atoms with van der Waals surface area (Å²) >= 11 is 0. The normalized spacial score (nSPS) is 13.5. The maximum Gasteiger partial charge on any atom is 0.224 e. The number of nitrogens with zero attached hydrogens (tertiary/aromatic N) is 7. The van der Waals surface area contributed by atoms with Gasteiger partial charge < -0.3 is 9.30 Å². The molecule has 10 nitrogen and oxygen atoms in total. The number of fused-ring (bicyclic) bond motifs is 1. The van der Waals surface area contributed by atoms with Gasteiger partial charge in [0, 0.05) is 36.3 Å². The largest absolute Gasteiger partial charge is 0.480 e. The number of rotatable bonds is 8. The maximum atomic E-state index is 13.6. The summed E-state index contributed by atoms with van der Waals surface area (Å²) in [6, 6.07) is 11.4. The Morgan fingerprint density at radius 1 is 1.03 bits per heavy atom. The monoisotopic (exact) mass is 535 g/mol. The Morgan fingerprint density at radius 2 is 1.76 bits per heavy atom. The Hall–Kier alpha value is -4.19. The van der Waals surface area contributed by atoms with Gasteiger partial charge in [-0.25, -0.2) is 27.8 Å². The van der Waals surface area contributed by atoms with Crippen LogP contribution in [-0.4, -0.2) is 55.1 Å². The highest BCUT2D eigenvalue weighted by atomic mass is 32.2. The zero-order valence-electron chi connectivity index (χ0n) is 21.3. The lowest BCUT2D eigenvalue weighted by atomic mass is 10.1. The van der Waals surface area contributed by atoms with Gasteiger partial charge in [-0.2, -0.15) is 0 Å². The van der Waals surface area contributed by atoms with E-state index in [9.17, 15) is 12.8 Å². The van der Waals surface area contributed by atoms with E-state index in [1.54, 1.807) is 36.7 Å².